The Labute approximate surface area is 112 Å². The van der Waals surface area contributed by atoms with Gasteiger partial charge < -0.3 is 5.32 Å². The molecular formula is C13H21N3OS. The van der Waals surface area contributed by atoms with Gasteiger partial charge in [0, 0.05) is 18.1 Å². The molecule has 0 spiro atoms. The molecule has 0 bridgehead atoms. The molecular weight excluding hydrogens is 246 g/mol. The van der Waals surface area contributed by atoms with Crippen molar-refractivity contribution in [2.24, 2.45) is 5.41 Å². The second-order valence-electron chi connectivity index (χ2n) is 5.36. The number of carbonyl (C=O) groups excluding carboxylic acids is 1. The lowest BCUT2D eigenvalue weighted by molar-refractivity contribution is -0.118. The number of rotatable bonds is 4. The predicted molar refractivity (Wildman–Crippen MR) is 74.8 cm³/mol. The van der Waals surface area contributed by atoms with Crippen molar-refractivity contribution in [3.05, 3.63) is 11.6 Å². The van der Waals surface area contributed by atoms with E-state index in [0.717, 1.165) is 13.1 Å². The summed E-state index contributed by atoms with van der Waals surface area (Å²) in [5, 5.41) is 5.40. The highest BCUT2D eigenvalue weighted by atomic mass is 32.1. The molecule has 1 aromatic heterocycles. The van der Waals surface area contributed by atoms with Crippen molar-refractivity contribution in [2.75, 3.05) is 25.0 Å². The summed E-state index contributed by atoms with van der Waals surface area (Å²) in [6.07, 6.45) is 5.34. The Kier molecular flexibility index (Phi) is 4.35. The number of hydrogen-bond donors (Lipinski definition) is 1. The molecule has 100 valence electrons. The van der Waals surface area contributed by atoms with Crippen LogP contribution in [0, 0.1) is 5.41 Å². The Balaban J connectivity index is 1.84. The number of nitrogens with one attached hydrogen (secondary N) is 1. The average molecular weight is 267 g/mol. The van der Waals surface area contributed by atoms with Gasteiger partial charge in [-0.3, -0.25) is 9.69 Å². The zero-order chi connectivity index (χ0) is 13.0. The molecule has 1 aromatic rings. The highest BCUT2D eigenvalue weighted by Crippen LogP contribution is 2.32. The van der Waals surface area contributed by atoms with Gasteiger partial charge in [-0.05, 0) is 31.2 Å². The van der Waals surface area contributed by atoms with Crippen LogP contribution < -0.4 is 5.32 Å². The molecule has 2 rings (SSSR count). The first-order chi connectivity index (χ1) is 8.61. The molecule has 1 aliphatic heterocycles. The average Bonchev–Trinajstić information content (AvgIpc) is 2.81. The molecule has 18 heavy (non-hydrogen) atoms. The summed E-state index contributed by atoms with van der Waals surface area (Å²) in [4.78, 5) is 18.2. The lowest BCUT2D eigenvalue weighted by Crippen LogP contribution is -2.44. The molecule has 4 nitrogen and oxygen atoms in total. The van der Waals surface area contributed by atoms with Gasteiger partial charge in [-0.1, -0.05) is 13.8 Å². The van der Waals surface area contributed by atoms with Crippen LogP contribution in [-0.2, 0) is 4.79 Å². The standard InChI is InChI=1S/C13H21N3OS/c1-3-13(2)5-4-7-16(10-13)9-11(17)15-12-14-6-8-18-12/h6,8H,3-5,7,9-10H2,1-2H3,(H,14,15,17). The number of likely N-dealkylation sites (tertiary alicyclic amines) is 1. The fraction of sp³-hybridized carbons (Fsp3) is 0.692. The van der Waals surface area contributed by atoms with Crippen molar-refractivity contribution in [2.45, 2.75) is 33.1 Å². The van der Waals surface area contributed by atoms with Crippen LogP contribution in [0.25, 0.3) is 0 Å². The van der Waals surface area contributed by atoms with Gasteiger partial charge in [0.2, 0.25) is 5.91 Å². The number of nitrogens with zero attached hydrogens (tertiary/aromatic N) is 2. The van der Waals surface area contributed by atoms with E-state index in [1.807, 2.05) is 5.38 Å². The van der Waals surface area contributed by atoms with Crippen LogP contribution in [0.3, 0.4) is 0 Å². The predicted octanol–water partition coefficient (Wildman–Crippen LogP) is 2.59. The maximum Gasteiger partial charge on any atom is 0.240 e. The highest BCUT2D eigenvalue weighted by molar-refractivity contribution is 7.13. The molecule has 0 aliphatic carbocycles. The van der Waals surface area contributed by atoms with Crippen molar-refractivity contribution in [3.63, 3.8) is 0 Å². The number of piperidine rings is 1. The normalized spacial score (nSPS) is 25.0. The van der Waals surface area contributed by atoms with Gasteiger partial charge in [-0.25, -0.2) is 4.98 Å². The van der Waals surface area contributed by atoms with Crippen LogP contribution in [0.5, 0.6) is 0 Å². The summed E-state index contributed by atoms with van der Waals surface area (Å²) < 4.78 is 0. The van der Waals surface area contributed by atoms with E-state index >= 15 is 0 Å². The first-order valence-electron chi connectivity index (χ1n) is 6.53. The Bertz CT molecular complexity index is 393. The monoisotopic (exact) mass is 267 g/mol. The first-order valence-corrected chi connectivity index (χ1v) is 7.41. The van der Waals surface area contributed by atoms with Gasteiger partial charge >= 0.3 is 0 Å². The van der Waals surface area contributed by atoms with Gasteiger partial charge in [-0.15, -0.1) is 11.3 Å². The molecule has 1 aliphatic rings. The SMILES string of the molecule is CCC1(C)CCCN(CC(=O)Nc2nccs2)C1. The lowest BCUT2D eigenvalue weighted by atomic mass is 9.80. The summed E-state index contributed by atoms with van der Waals surface area (Å²) in [5.41, 5.74) is 0.375. The Morgan fingerprint density at radius 2 is 2.50 bits per heavy atom. The molecule has 1 saturated heterocycles. The zero-order valence-electron chi connectivity index (χ0n) is 11.1. The number of anilines is 1. The van der Waals surface area contributed by atoms with Crippen molar-refractivity contribution < 1.29 is 4.79 Å². The lowest BCUT2D eigenvalue weighted by Gasteiger charge is -2.39. The Hall–Kier alpha value is -0.940. The molecule has 1 atom stereocenters. The Morgan fingerprint density at radius 1 is 1.67 bits per heavy atom. The topological polar surface area (TPSA) is 45.2 Å². The molecule has 0 aromatic carbocycles. The molecule has 5 heteroatoms. The summed E-state index contributed by atoms with van der Waals surface area (Å²) in [7, 11) is 0. The fourth-order valence-corrected chi connectivity index (χ4v) is 3.04. The first kappa shape index (κ1) is 13.5. The van der Waals surface area contributed by atoms with E-state index < -0.39 is 0 Å². The van der Waals surface area contributed by atoms with Crippen molar-refractivity contribution in [3.8, 4) is 0 Å². The van der Waals surface area contributed by atoms with Gasteiger partial charge in [0.15, 0.2) is 5.13 Å². The second kappa shape index (κ2) is 5.80. The van der Waals surface area contributed by atoms with Gasteiger partial charge in [-0.2, -0.15) is 0 Å². The van der Waals surface area contributed by atoms with Crippen LogP contribution in [0.1, 0.15) is 33.1 Å². The van der Waals surface area contributed by atoms with Crippen LogP contribution in [0.4, 0.5) is 5.13 Å². The van der Waals surface area contributed by atoms with Gasteiger partial charge in [0.25, 0.3) is 0 Å². The van der Waals surface area contributed by atoms with Crippen molar-refractivity contribution >= 4 is 22.4 Å². The summed E-state index contributed by atoms with van der Waals surface area (Å²) in [5.74, 6) is 0.0466. The third-order valence-electron chi connectivity index (χ3n) is 3.76. The van der Waals surface area contributed by atoms with Crippen LogP contribution in [0.2, 0.25) is 0 Å². The van der Waals surface area contributed by atoms with E-state index in [4.69, 9.17) is 0 Å². The van der Waals surface area contributed by atoms with Gasteiger partial charge in [0.05, 0.1) is 6.54 Å². The minimum Gasteiger partial charge on any atom is -0.301 e. The number of hydrogen-bond acceptors (Lipinski definition) is 4. The number of carbonyl (C=O) groups is 1. The smallest absolute Gasteiger partial charge is 0.240 e. The molecule has 1 unspecified atom stereocenters. The maximum atomic E-state index is 11.9. The number of amides is 1. The summed E-state index contributed by atoms with van der Waals surface area (Å²) >= 11 is 1.46. The molecule has 0 saturated carbocycles. The molecule has 0 radical (unpaired) electrons. The Morgan fingerprint density at radius 3 is 3.17 bits per heavy atom. The van der Waals surface area contributed by atoms with E-state index in [1.165, 1.54) is 30.6 Å². The molecule has 2 heterocycles. The number of thiazole rings is 1. The zero-order valence-corrected chi connectivity index (χ0v) is 11.9. The maximum absolute atomic E-state index is 11.9. The minimum absolute atomic E-state index is 0.0466. The fourth-order valence-electron chi connectivity index (χ4n) is 2.50. The quantitative estimate of drug-likeness (QED) is 0.912. The van der Waals surface area contributed by atoms with E-state index in [0.29, 0.717) is 17.1 Å². The third kappa shape index (κ3) is 3.53. The van der Waals surface area contributed by atoms with E-state index in [9.17, 15) is 4.79 Å². The van der Waals surface area contributed by atoms with Crippen LogP contribution in [0.15, 0.2) is 11.6 Å². The summed E-state index contributed by atoms with van der Waals surface area (Å²) in [6.45, 7) is 7.09. The minimum atomic E-state index is 0.0466. The second-order valence-corrected chi connectivity index (χ2v) is 6.26. The van der Waals surface area contributed by atoms with E-state index in [1.54, 1.807) is 6.20 Å². The van der Waals surface area contributed by atoms with E-state index in [-0.39, 0.29) is 5.91 Å². The highest BCUT2D eigenvalue weighted by Gasteiger charge is 2.29. The molecule has 1 N–H and O–H groups in total. The van der Waals surface area contributed by atoms with Crippen molar-refractivity contribution in [1.29, 1.82) is 0 Å². The van der Waals surface area contributed by atoms with Crippen molar-refractivity contribution in [1.82, 2.24) is 9.88 Å². The van der Waals surface area contributed by atoms with Gasteiger partial charge in [0.1, 0.15) is 0 Å². The summed E-state index contributed by atoms with van der Waals surface area (Å²) in [6, 6.07) is 0. The van der Waals surface area contributed by atoms with E-state index in [2.05, 4.69) is 29.0 Å². The number of aromatic nitrogens is 1. The van der Waals surface area contributed by atoms with Crippen LogP contribution in [-0.4, -0.2) is 35.4 Å². The largest absolute Gasteiger partial charge is 0.301 e. The van der Waals surface area contributed by atoms with Crippen LogP contribution >= 0.6 is 11.3 Å². The molecule has 1 fully saturated rings. The molecule has 1 amide bonds. The third-order valence-corrected chi connectivity index (χ3v) is 4.45.